The van der Waals surface area contributed by atoms with E-state index in [4.69, 9.17) is 0 Å². The number of nitrogens with zero attached hydrogens (tertiary/aromatic N) is 2. The van der Waals surface area contributed by atoms with Crippen LogP contribution in [0.25, 0.3) is 0 Å². The predicted octanol–water partition coefficient (Wildman–Crippen LogP) is 3.13. The number of urea groups is 1. The summed E-state index contributed by atoms with van der Waals surface area (Å²) in [6.45, 7) is 4.45. The Morgan fingerprint density at radius 3 is 2.46 bits per heavy atom. The van der Waals surface area contributed by atoms with Gasteiger partial charge in [-0.3, -0.25) is 9.69 Å². The molecule has 0 saturated carbocycles. The molecule has 3 amide bonds. The van der Waals surface area contributed by atoms with E-state index in [-0.39, 0.29) is 18.0 Å². The van der Waals surface area contributed by atoms with Gasteiger partial charge in [-0.15, -0.1) is 0 Å². The molecule has 4 rings (SSSR count). The van der Waals surface area contributed by atoms with Crippen LogP contribution in [-0.2, 0) is 17.6 Å². The minimum absolute atomic E-state index is 0.0664. The highest BCUT2D eigenvalue weighted by molar-refractivity contribution is 6.03. The highest BCUT2D eigenvalue weighted by atomic mass is 16.2. The lowest BCUT2D eigenvalue weighted by Gasteiger charge is -2.28. The van der Waals surface area contributed by atoms with Gasteiger partial charge in [0.15, 0.2) is 0 Å². The van der Waals surface area contributed by atoms with E-state index >= 15 is 0 Å². The maximum atomic E-state index is 13.0. The molecule has 2 heterocycles. The average molecular weight is 349 g/mol. The summed E-state index contributed by atoms with van der Waals surface area (Å²) in [5, 5.41) is 2.89. The Morgan fingerprint density at radius 1 is 1.04 bits per heavy atom. The molecule has 0 spiro atoms. The molecular weight excluding hydrogens is 326 g/mol. The summed E-state index contributed by atoms with van der Waals surface area (Å²) in [6.07, 6.45) is 1.70. The molecule has 5 heteroatoms. The van der Waals surface area contributed by atoms with E-state index in [0.717, 1.165) is 24.2 Å². The van der Waals surface area contributed by atoms with Crippen molar-refractivity contribution in [3.05, 3.63) is 59.7 Å². The zero-order valence-corrected chi connectivity index (χ0v) is 15.1. The molecule has 2 aliphatic heterocycles. The van der Waals surface area contributed by atoms with Crippen molar-refractivity contribution in [3.63, 3.8) is 0 Å². The summed E-state index contributed by atoms with van der Waals surface area (Å²) in [6, 6.07) is 15.2. The smallest absolute Gasteiger partial charge is 0.322 e. The number of nitrogens with one attached hydrogen (secondary N) is 1. The van der Waals surface area contributed by atoms with Crippen LogP contribution in [0.4, 0.5) is 16.2 Å². The molecular formula is C21H23N3O2. The number of carbonyl (C=O) groups excluding carboxylic acids is 2. The van der Waals surface area contributed by atoms with Crippen LogP contribution in [-0.4, -0.2) is 30.6 Å². The molecule has 2 atom stereocenters. The first kappa shape index (κ1) is 16.6. The van der Waals surface area contributed by atoms with Gasteiger partial charge in [-0.1, -0.05) is 36.4 Å². The fraction of sp³-hybridized carbons (Fsp3) is 0.333. The molecule has 2 aromatic carbocycles. The molecule has 0 aliphatic carbocycles. The predicted molar refractivity (Wildman–Crippen MR) is 103 cm³/mol. The number of carbonyl (C=O) groups is 2. The van der Waals surface area contributed by atoms with Gasteiger partial charge in [0.2, 0.25) is 5.91 Å². The van der Waals surface area contributed by atoms with Crippen LogP contribution in [0.15, 0.2) is 48.5 Å². The van der Waals surface area contributed by atoms with Crippen LogP contribution in [0.1, 0.15) is 25.0 Å². The lowest BCUT2D eigenvalue weighted by Crippen LogP contribution is -2.52. The molecule has 0 saturated heterocycles. The number of rotatable bonds is 2. The minimum atomic E-state index is -0.580. The van der Waals surface area contributed by atoms with Gasteiger partial charge in [0.05, 0.1) is 0 Å². The Morgan fingerprint density at radius 2 is 1.69 bits per heavy atom. The van der Waals surface area contributed by atoms with E-state index in [1.807, 2.05) is 54.3 Å². The standard InChI is InChI=1S/C21H23N3O2/c1-14-13-17-8-4-6-10-19(17)24(14)20(25)15(2)22-21(26)23-12-11-16-7-3-5-9-18(16)23/h3-10,14-15H,11-13H2,1-2H3,(H,22,26). The molecule has 2 aliphatic rings. The molecule has 0 radical (unpaired) electrons. The Labute approximate surface area is 153 Å². The number of hydrogen-bond donors (Lipinski definition) is 1. The average Bonchev–Trinajstić information content (AvgIpc) is 3.21. The van der Waals surface area contributed by atoms with Gasteiger partial charge in [-0.05, 0) is 49.9 Å². The number of hydrogen-bond acceptors (Lipinski definition) is 2. The van der Waals surface area contributed by atoms with Crippen molar-refractivity contribution in [1.29, 1.82) is 0 Å². The van der Waals surface area contributed by atoms with Crippen LogP contribution in [0, 0.1) is 0 Å². The van der Waals surface area contributed by atoms with Crippen molar-refractivity contribution in [2.24, 2.45) is 0 Å². The monoisotopic (exact) mass is 349 g/mol. The van der Waals surface area contributed by atoms with E-state index < -0.39 is 6.04 Å². The lowest BCUT2D eigenvalue weighted by atomic mass is 10.1. The normalized spacial score (nSPS) is 19.1. The molecule has 0 fully saturated rings. The highest BCUT2D eigenvalue weighted by Gasteiger charge is 2.34. The van der Waals surface area contributed by atoms with Gasteiger partial charge < -0.3 is 10.2 Å². The molecule has 1 N–H and O–H groups in total. The van der Waals surface area contributed by atoms with Gasteiger partial charge >= 0.3 is 6.03 Å². The first-order chi connectivity index (χ1) is 12.6. The Balaban J connectivity index is 1.48. The van der Waals surface area contributed by atoms with E-state index in [1.165, 1.54) is 11.1 Å². The fourth-order valence-electron chi connectivity index (χ4n) is 3.98. The topological polar surface area (TPSA) is 52.7 Å². The lowest BCUT2D eigenvalue weighted by molar-refractivity contribution is -0.120. The third-order valence-corrected chi connectivity index (χ3v) is 5.29. The fourth-order valence-corrected chi connectivity index (χ4v) is 3.98. The molecule has 26 heavy (non-hydrogen) atoms. The number of benzene rings is 2. The molecule has 2 unspecified atom stereocenters. The van der Waals surface area contributed by atoms with E-state index in [9.17, 15) is 9.59 Å². The highest BCUT2D eigenvalue weighted by Crippen LogP contribution is 2.32. The van der Waals surface area contributed by atoms with Gasteiger partial charge in [-0.2, -0.15) is 0 Å². The van der Waals surface area contributed by atoms with Crippen LogP contribution < -0.4 is 15.1 Å². The Kier molecular flexibility index (Phi) is 4.15. The summed E-state index contributed by atoms with van der Waals surface area (Å²) in [4.78, 5) is 29.3. The number of anilines is 2. The largest absolute Gasteiger partial charge is 0.326 e. The molecule has 2 aromatic rings. The number of fused-ring (bicyclic) bond motifs is 2. The molecule has 5 nitrogen and oxygen atoms in total. The van der Waals surface area contributed by atoms with Crippen LogP contribution in [0.5, 0.6) is 0 Å². The zero-order chi connectivity index (χ0) is 18.3. The van der Waals surface area contributed by atoms with Crippen LogP contribution >= 0.6 is 0 Å². The minimum Gasteiger partial charge on any atom is -0.326 e. The van der Waals surface area contributed by atoms with Gasteiger partial charge in [0.1, 0.15) is 6.04 Å². The summed E-state index contributed by atoms with van der Waals surface area (Å²) < 4.78 is 0. The second-order valence-corrected chi connectivity index (χ2v) is 7.09. The Bertz CT molecular complexity index is 864. The van der Waals surface area contributed by atoms with Crippen molar-refractivity contribution in [1.82, 2.24) is 5.32 Å². The van der Waals surface area contributed by atoms with Gasteiger partial charge in [0.25, 0.3) is 0 Å². The Hall–Kier alpha value is -2.82. The zero-order valence-electron chi connectivity index (χ0n) is 15.1. The van der Waals surface area contributed by atoms with Gasteiger partial charge in [0, 0.05) is 24.0 Å². The second-order valence-electron chi connectivity index (χ2n) is 7.09. The molecule has 0 bridgehead atoms. The summed E-state index contributed by atoms with van der Waals surface area (Å²) >= 11 is 0. The molecule has 134 valence electrons. The van der Waals surface area contributed by atoms with Crippen LogP contribution in [0.2, 0.25) is 0 Å². The van der Waals surface area contributed by atoms with Crippen molar-refractivity contribution in [2.75, 3.05) is 16.3 Å². The summed E-state index contributed by atoms with van der Waals surface area (Å²) in [5.41, 5.74) is 4.24. The second kappa shape index (κ2) is 6.48. The summed E-state index contributed by atoms with van der Waals surface area (Å²) in [7, 11) is 0. The van der Waals surface area contributed by atoms with E-state index in [2.05, 4.69) is 11.4 Å². The van der Waals surface area contributed by atoms with Gasteiger partial charge in [-0.25, -0.2) is 4.79 Å². The van der Waals surface area contributed by atoms with E-state index in [0.29, 0.717) is 6.54 Å². The maximum Gasteiger partial charge on any atom is 0.322 e. The maximum absolute atomic E-state index is 13.0. The van der Waals surface area contributed by atoms with Crippen molar-refractivity contribution in [3.8, 4) is 0 Å². The molecule has 0 aromatic heterocycles. The van der Waals surface area contributed by atoms with Crippen LogP contribution in [0.3, 0.4) is 0 Å². The third-order valence-electron chi connectivity index (χ3n) is 5.29. The van der Waals surface area contributed by atoms with Crippen molar-refractivity contribution >= 4 is 23.3 Å². The first-order valence-electron chi connectivity index (χ1n) is 9.13. The van der Waals surface area contributed by atoms with Crippen molar-refractivity contribution < 1.29 is 9.59 Å². The first-order valence-corrected chi connectivity index (χ1v) is 9.13. The third kappa shape index (κ3) is 2.73. The SMILES string of the molecule is CC(NC(=O)N1CCc2ccccc21)C(=O)N1c2ccccc2CC1C. The summed E-state index contributed by atoms with van der Waals surface area (Å²) in [5.74, 6) is -0.0664. The van der Waals surface area contributed by atoms with Crippen molar-refractivity contribution in [2.45, 2.75) is 38.8 Å². The quantitative estimate of drug-likeness (QED) is 0.906. The number of amides is 3. The van der Waals surface area contributed by atoms with E-state index in [1.54, 1.807) is 11.8 Å². The number of para-hydroxylation sites is 2.